The molecule has 0 bridgehead atoms. The summed E-state index contributed by atoms with van der Waals surface area (Å²) in [6.07, 6.45) is 1.83. The molecule has 2 N–H and O–H groups in total. The van der Waals surface area contributed by atoms with Gasteiger partial charge in [-0.05, 0) is 44.0 Å². The molecule has 1 aliphatic rings. The predicted molar refractivity (Wildman–Crippen MR) is 125 cm³/mol. The van der Waals surface area contributed by atoms with E-state index in [4.69, 9.17) is 10.7 Å². The molecule has 1 saturated heterocycles. The van der Waals surface area contributed by atoms with Crippen LogP contribution in [0.1, 0.15) is 35.7 Å². The molecule has 3 heterocycles. The second-order valence-corrected chi connectivity index (χ2v) is 8.48. The first-order chi connectivity index (χ1) is 15.5. The molecule has 7 nitrogen and oxygen atoms in total. The van der Waals surface area contributed by atoms with E-state index in [-0.39, 0.29) is 11.9 Å². The van der Waals surface area contributed by atoms with E-state index < -0.39 is 0 Å². The van der Waals surface area contributed by atoms with Gasteiger partial charge in [0.2, 0.25) is 0 Å². The number of piperidine rings is 1. The fraction of sp³-hybridized carbons (Fsp3) is 0.320. The minimum Gasteiger partial charge on any atom is -0.338 e. The number of carbonyl (C=O) groups is 1. The van der Waals surface area contributed by atoms with E-state index in [1.165, 1.54) is 0 Å². The summed E-state index contributed by atoms with van der Waals surface area (Å²) in [4.78, 5) is 19.8. The van der Waals surface area contributed by atoms with Gasteiger partial charge in [0.25, 0.3) is 5.91 Å². The van der Waals surface area contributed by atoms with Gasteiger partial charge in [-0.1, -0.05) is 18.2 Å². The number of para-hydroxylation sites is 1. The Hall–Kier alpha value is -3.63. The number of imidazole rings is 1. The highest BCUT2D eigenvalue weighted by atomic mass is 16.2. The zero-order valence-electron chi connectivity index (χ0n) is 18.4. The van der Waals surface area contributed by atoms with Crippen LogP contribution in [0, 0.1) is 11.3 Å². The number of amides is 1. The van der Waals surface area contributed by atoms with Crippen molar-refractivity contribution in [3.8, 4) is 17.6 Å². The molecule has 2 aromatic heterocycles. The molecule has 1 atom stereocenters. The van der Waals surface area contributed by atoms with Crippen LogP contribution in [0.25, 0.3) is 33.5 Å². The number of carbonyl (C=O) groups excluding carboxylic acids is 1. The number of aryl methyl sites for hydroxylation is 2. The van der Waals surface area contributed by atoms with E-state index in [1.807, 2.05) is 23.7 Å². The van der Waals surface area contributed by atoms with Crippen LogP contribution in [-0.2, 0) is 13.6 Å². The van der Waals surface area contributed by atoms with Gasteiger partial charge in [-0.2, -0.15) is 5.26 Å². The summed E-state index contributed by atoms with van der Waals surface area (Å²) in [5.41, 5.74) is 10.5. The molecule has 0 saturated carbocycles. The van der Waals surface area contributed by atoms with Crippen molar-refractivity contribution in [1.82, 2.24) is 19.0 Å². The molecule has 1 unspecified atom stereocenters. The molecule has 0 radical (unpaired) electrons. The van der Waals surface area contributed by atoms with Crippen molar-refractivity contribution >= 4 is 27.8 Å². The molecular weight excluding hydrogens is 400 g/mol. The molecular formula is C25H26N6O. The summed E-state index contributed by atoms with van der Waals surface area (Å²) in [6.45, 7) is 4.15. The smallest absolute Gasteiger partial charge is 0.254 e. The van der Waals surface area contributed by atoms with Crippen molar-refractivity contribution in [1.29, 1.82) is 5.26 Å². The maximum absolute atomic E-state index is 13.2. The fourth-order valence-corrected chi connectivity index (χ4v) is 4.90. The molecule has 162 valence electrons. The van der Waals surface area contributed by atoms with Crippen molar-refractivity contribution in [2.75, 3.05) is 13.1 Å². The molecule has 2 aromatic carbocycles. The van der Waals surface area contributed by atoms with Crippen LogP contribution >= 0.6 is 0 Å². The molecule has 0 aliphatic carbocycles. The van der Waals surface area contributed by atoms with Crippen molar-refractivity contribution in [2.45, 2.75) is 32.4 Å². The Morgan fingerprint density at radius 3 is 2.84 bits per heavy atom. The molecule has 1 fully saturated rings. The van der Waals surface area contributed by atoms with Crippen LogP contribution in [0.2, 0.25) is 0 Å². The summed E-state index contributed by atoms with van der Waals surface area (Å²) in [5, 5.41) is 11.0. The number of rotatable bonds is 3. The number of aromatic nitrogens is 3. The highest BCUT2D eigenvalue weighted by molar-refractivity contribution is 6.00. The van der Waals surface area contributed by atoms with Crippen LogP contribution < -0.4 is 5.73 Å². The zero-order valence-corrected chi connectivity index (χ0v) is 18.4. The number of nitrogens with two attached hydrogens (primary N) is 1. The predicted octanol–water partition coefficient (Wildman–Crippen LogP) is 3.65. The molecule has 5 rings (SSSR count). The first-order valence-corrected chi connectivity index (χ1v) is 11.1. The van der Waals surface area contributed by atoms with Crippen LogP contribution in [-0.4, -0.2) is 44.1 Å². The summed E-state index contributed by atoms with van der Waals surface area (Å²) in [5.74, 6) is 0.688. The van der Waals surface area contributed by atoms with Gasteiger partial charge in [-0.3, -0.25) is 4.79 Å². The quantitative estimate of drug-likeness (QED) is 0.541. The van der Waals surface area contributed by atoms with Crippen LogP contribution in [0.3, 0.4) is 0 Å². The number of nitriles is 1. The van der Waals surface area contributed by atoms with Crippen LogP contribution in [0.5, 0.6) is 0 Å². The molecule has 1 aliphatic heterocycles. The minimum atomic E-state index is -0.0894. The first kappa shape index (κ1) is 20.3. The van der Waals surface area contributed by atoms with E-state index in [1.54, 1.807) is 17.0 Å². The average molecular weight is 427 g/mol. The zero-order chi connectivity index (χ0) is 22.4. The average Bonchev–Trinajstić information content (AvgIpc) is 3.35. The van der Waals surface area contributed by atoms with Gasteiger partial charge >= 0.3 is 0 Å². The standard InChI is InChI=1S/C25H26N6O/c1-3-31-21-9-5-4-7-16(21)13-22(31)24-28-20-12-17(11-18(14-26)23(20)29(24)2)25(32)30-10-6-8-19(27)15-30/h4-5,7,9,11-13,19H,3,6,8,10,15,27H2,1-2H3. The maximum atomic E-state index is 13.2. The number of fused-ring (bicyclic) bond motifs is 2. The SMILES string of the molecule is CCn1c(-c2nc3cc(C(=O)N4CCCC(N)C4)cc(C#N)c3n2C)cc2ccccc21. The number of hydrogen-bond acceptors (Lipinski definition) is 4. The van der Waals surface area contributed by atoms with Gasteiger partial charge in [0.1, 0.15) is 6.07 Å². The maximum Gasteiger partial charge on any atom is 0.254 e. The lowest BCUT2D eigenvalue weighted by atomic mass is 10.0. The molecule has 7 heteroatoms. The Kier molecular flexibility index (Phi) is 4.95. The Bertz CT molecular complexity index is 1390. The number of benzene rings is 2. The highest BCUT2D eigenvalue weighted by Gasteiger charge is 2.25. The monoisotopic (exact) mass is 426 g/mol. The van der Waals surface area contributed by atoms with E-state index in [9.17, 15) is 10.1 Å². The minimum absolute atomic E-state index is 0.00397. The molecule has 4 aromatic rings. The third-order valence-electron chi connectivity index (χ3n) is 6.44. The Balaban J connectivity index is 1.66. The fourth-order valence-electron chi connectivity index (χ4n) is 4.90. The summed E-state index contributed by atoms with van der Waals surface area (Å²) >= 11 is 0. The van der Waals surface area contributed by atoms with Crippen molar-refractivity contribution in [2.24, 2.45) is 12.8 Å². The molecule has 1 amide bonds. The highest BCUT2D eigenvalue weighted by Crippen LogP contribution is 2.31. The molecule has 32 heavy (non-hydrogen) atoms. The second-order valence-electron chi connectivity index (χ2n) is 8.48. The van der Waals surface area contributed by atoms with Crippen LogP contribution in [0.4, 0.5) is 0 Å². The van der Waals surface area contributed by atoms with Gasteiger partial charge in [-0.15, -0.1) is 0 Å². The van der Waals surface area contributed by atoms with Crippen LogP contribution in [0.15, 0.2) is 42.5 Å². The summed E-state index contributed by atoms with van der Waals surface area (Å²) in [6, 6.07) is 16.2. The van der Waals surface area contributed by atoms with E-state index in [0.717, 1.165) is 47.3 Å². The summed E-state index contributed by atoms with van der Waals surface area (Å²) < 4.78 is 4.18. The van der Waals surface area contributed by atoms with E-state index in [0.29, 0.717) is 29.7 Å². The first-order valence-electron chi connectivity index (χ1n) is 11.1. The van der Waals surface area contributed by atoms with Gasteiger partial charge in [0, 0.05) is 49.2 Å². The largest absolute Gasteiger partial charge is 0.338 e. The Morgan fingerprint density at radius 1 is 1.28 bits per heavy atom. The lowest BCUT2D eigenvalue weighted by Gasteiger charge is -2.30. The second kappa shape index (κ2) is 7.81. The van der Waals surface area contributed by atoms with Gasteiger partial charge < -0.3 is 19.8 Å². The van der Waals surface area contributed by atoms with E-state index in [2.05, 4.69) is 35.8 Å². The number of hydrogen-bond donors (Lipinski definition) is 1. The van der Waals surface area contributed by atoms with Crippen molar-refractivity contribution < 1.29 is 4.79 Å². The van der Waals surface area contributed by atoms with E-state index >= 15 is 0 Å². The van der Waals surface area contributed by atoms with Gasteiger partial charge in [0.15, 0.2) is 5.82 Å². The van der Waals surface area contributed by atoms with Gasteiger partial charge in [-0.25, -0.2) is 4.98 Å². The van der Waals surface area contributed by atoms with Gasteiger partial charge in [0.05, 0.1) is 22.3 Å². The summed E-state index contributed by atoms with van der Waals surface area (Å²) in [7, 11) is 1.92. The Labute approximate surface area is 186 Å². The topological polar surface area (TPSA) is 92.9 Å². The number of likely N-dealkylation sites (tertiary alicyclic amines) is 1. The molecule has 0 spiro atoms. The van der Waals surface area contributed by atoms with Crippen molar-refractivity contribution in [3.63, 3.8) is 0 Å². The third kappa shape index (κ3) is 3.15. The number of nitrogens with zero attached hydrogens (tertiary/aromatic N) is 5. The lowest BCUT2D eigenvalue weighted by Crippen LogP contribution is -2.45. The third-order valence-corrected chi connectivity index (χ3v) is 6.44. The lowest BCUT2D eigenvalue weighted by molar-refractivity contribution is 0.0709. The Morgan fingerprint density at radius 2 is 2.09 bits per heavy atom. The van der Waals surface area contributed by atoms with Crippen molar-refractivity contribution in [3.05, 3.63) is 53.6 Å². The normalized spacial score (nSPS) is 16.6.